The molecule has 0 heterocycles. The van der Waals surface area contributed by atoms with E-state index in [1.807, 2.05) is 13.8 Å². The lowest BCUT2D eigenvalue weighted by atomic mass is 9.79. The third-order valence-corrected chi connectivity index (χ3v) is 6.22. The number of carbonyl (C=O) groups excluding carboxylic acids is 2. The molecule has 3 rings (SSSR count). The van der Waals surface area contributed by atoms with E-state index in [0.717, 1.165) is 24.2 Å². The molecule has 3 aliphatic carbocycles. The first-order valence-electron chi connectivity index (χ1n) is 8.80. The summed E-state index contributed by atoms with van der Waals surface area (Å²) >= 11 is 0. The number of fused-ring (bicyclic) bond motifs is 5. The first kappa shape index (κ1) is 18.5. The molecule has 5 unspecified atom stereocenters. The normalized spacial score (nSPS) is 35.6. The second-order valence-electron chi connectivity index (χ2n) is 7.82. The molecule has 6 heteroatoms. The predicted molar refractivity (Wildman–Crippen MR) is 92.0 cm³/mol. The van der Waals surface area contributed by atoms with Crippen LogP contribution in [0.15, 0.2) is 0 Å². The number of nitrogens with one attached hydrogen (secondary N) is 2. The number of amides is 2. The van der Waals surface area contributed by atoms with E-state index in [1.54, 1.807) is 0 Å². The minimum absolute atomic E-state index is 0. The zero-order chi connectivity index (χ0) is 15.9. The maximum absolute atomic E-state index is 12.1. The number of rotatable bonds is 5. The van der Waals surface area contributed by atoms with Crippen molar-refractivity contribution in [3.63, 3.8) is 0 Å². The third-order valence-electron chi connectivity index (χ3n) is 6.22. The highest BCUT2D eigenvalue weighted by Crippen LogP contribution is 2.58. The number of nitrogens with two attached hydrogens (primary N) is 1. The molecule has 0 aromatic heterocycles. The van der Waals surface area contributed by atoms with Gasteiger partial charge in [-0.25, -0.2) is 0 Å². The van der Waals surface area contributed by atoms with E-state index in [2.05, 4.69) is 10.6 Å². The van der Waals surface area contributed by atoms with Crippen molar-refractivity contribution >= 4 is 24.2 Å². The summed E-state index contributed by atoms with van der Waals surface area (Å²) in [6.07, 6.45) is 6.54. The molecule has 6 atom stereocenters. The lowest BCUT2D eigenvalue weighted by Crippen LogP contribution is -2.50. The van der Waals surface area contributed by atoms with Gasteiger partial charge in [-0.15, -0.1) is 12.4 Å². The third kappa shape index (κ3) is 3.66. The van der Waals surface area contributed by atoms with Gasteiger partial charge in [-0.1, -0.05) is 20.3 Å². The van der Waals surface area contributed by atoms with E-state index in [1.165, 1.54) is 25.7 Å². The first-order valence-corrected chi connectivity index (χ1v) is 8.80. The fourth-order valence-corrected chi connectivity index (χ4v) is 5.08. The number of hydrogen-bond acceptors (Lipinski definition) is 3. The zero-order valence-corrected chi connectivity index (χ0v) is 14.9. The van der Waals surface area contributed by atoms with Gasteiger partial charge in [-0.3, -0.25) is 9.59 Å². The highest BCUT2D eigenvalue weighted by molar-refractivity contribution is 5.87. The summed E-state index contributed by atoms with van der Waals surface area (Å²) in [6, 6.07) is -0.220. The van der Waals surface area contributed by atoms with Crippen LogP contribution in [0.4, 0.5) is 0 Å². The van der Waals surface area contributed by atoms with Crippen LogP contribution in [-0.4, -0.2) is 30.4 Å². The lowest BCUT2D eigenvalue weighted by Gasteiger charge is -2.32. The lowest BCUT2D eigenvalue weighted by molar-refractivity contribution is -0.127. The van der Waals surface area contributed by atoms with Crippen LogP contribution >= 0.6 is 12.4 Å². The van der Waals surface area contributed by atoms with Crippen molar-refractivity contribution in [3.05, 3.63) is 0 Å². The summed E-state index contributed by atoms with van der Waals surface area (Å²) in [5.41, 5.74) is 5.77. The smallest absolute Gasteiger partial charge is 0.239 e. The van der Waals surface area contributed by atoms with Crippen LogP contribution in [0.1, 0.15) is 46.0 Å². The fourth-order valence-electron chi connectivity index (χ4n) is 5.08. The molecular formula is C17H30ClN3O2. The molecule has 0 aliphatic heterocycles. The summed E-state index contributed by atoms with van der Waals surface area (Å²) in [4.78, 5) is 23.9. The Bertz CT molecular complexity index is 457. The van der Waals surface area contributed by atoms with Crippen molar-refractivity contribution in [2.75, 3.05) is 6.54 Å². The maximum Gasteiger partial charge on any atom is 0.239 e. The Morgan fingerprint density at radius 3 is 2.52 bits per heavy atom. The Labute approximate surface area is 144 Å². The van der Waals surface area contributed by atoms with Crippen molar-refractivity contribution in [1.29, 1.82) is 0 Å². The highest BCUT2D eigenvalue weighted by atomic mass is 35.5. The second kappa shape index (κ2) is 7.39. The van der Waals surface area contributed by atoms with Crippen molar-refractivity contribution in [1.82, 2.24) is 10.6 Å². The molecule has 0 saturated heterocycles. The maximum atomic E-state index is 12.1. The van der Waals surface area contributed by atoms with Gasteiger partial charge >= 0.3 is 0 Å². The van der Waals surface area contributed by atoms with Gasteiger partial charge in [0.25, 0.3) is 0 Å². The molecule has 0 spiro atoms. The molecule has 5 nitrogen and oxygen atoms in total. The average Bonchev–Trinajstić information content (AvgIpc) is 3.15. The van der Waals surface area contributed by atoms with Gasteiger partial charge in [0.05, 0.1) is 12.6 Å². The van der Waals surface area contributed by atoms with Gasteiger partial charge in [0.1, 0.15) is 0 Å². The van der Waals surface area contributed by atoms with E-state index in [9.17, 15) is 9.59 Å². The van der Waals surface area contributed by atoms with Crippen LogP contribution < -0.4 is 16.4 Å². The Hall–Kier alpha value is -0.810. The molecule has 4 N–H and O–H groups in total. The Morgan fingerprint density at radius 1 is 1.13 bits per heavy atom. The quantitative estimate of drug-likeness (QED) is 0.706. The van der Waals surface area contributed by atoms with E-state index in [0.29, 0.717) is 12.0 Å². The van der Waals surface area contributed by atoms with Crippen LogP contribution in [0.2, 0.25) is 0 Å². The SMILES string of the molecule is CC(C)[C@H](N)C(=O)NCC(=O)NC1CC2CC1C1CCCC21.Cl. The molecule has 0 aromatic carbocycles. The molecule has 0 radical (unpaired) electrons. The van der Waals surface area contributed by atoms with Crippen LogP contribution in [0.3, 0.4) is 0 Å². The van der Waals surface area contributed by atoms with Crippen molar-refractivity contribution in [3.8, 4) is 0 Å². The van der Waals surface area contributed by atoms with E-state index >= 15 is 0 Å². The van der Waals surface area contributed by atoms with Crippen molar-refractivity contribution in [2.24, 2.45) is 35.3 Å². The van der Waals surface area contributed by atoms with E-state index in [4.69, 9.17) is 5.73 Å². The van der Waals surface area contributed by atoms with Crippen LogP contribution in [0.25, 0.3) is 0 Å². The summed E-state index contributed by atoms with van der Waals surface area (Å²) in [7, 11) is 0. The van der Waals surface area contributed by atoms with Gasteiger partial charge in [0, 0.05) is 6.04 Å². The molecule has 132 valence electrons. The van der Waals surface area contributed by atoms with Crippen LogP contribution in [0, 0.1) is 29.6 Å². The molecule has 2 amide bonds. The summed E-state index contributed by atoms with van der Waals surface area (Å²) < 4.78 is 0. The Morgan fingerprint density at radius 2 is 1.83 bits per heavy atom. The Kier molecular flexibility index (Phi) is 5.95. The van der Waals surface area contributed by atoms with Gasteiger partial charge < -0.3 is 16.4 Å². The second-order valence-corrected chi connectivity index (χ2v) is 7.82. The van der Waals surface area contributed by atoms with Gasteiger partial charge in [0.15, 0.2) is 0 Å². The highest BCUT2D eigenvalue weighted by Gasteiger charge is 2.53. The largest absolute Gasteiger partial charge is 0.352 e. The van der Waals surface area contributed by atoms with Crippen LogP contribution in [-0.2, 0) is 9.59 Å². The Balaban J connectivity index is 0.00000192. The molecule has 0 aromatic rings. The fraction of sp³-hybridized carbons (Fsp3) is 0.882. The summed E-state index contributed by atoms with van der Waals surface area (Å²) in [6.45, 7) is 3.84. The topological polar surface area (TPSA) is 84.2 Å². The van der Waals surface area contributed by atoms with Gasteiger partial charge in [0.2, 0.25) is 11.8 Å². The summed E-state index contributed by atoms with van der Waals surface area (Å²) in [5, 5.41) is 5.80. The minimum Gasteiger partial charge on any atom is -0.352 e. The monoisotopic (exact) mass is 343 g/mol. The number of carbonyl (C=O) groups is 2. The van der Waals surface area contributed by atoms with Crippen molar-refractivity contribution in [2.45, 2.75) is 58.0 Å². The molecule has 3 aliphatic rings. The standard InChI is InChI=1S/C17H29N3O2.ClH/c1-9(2)16(18)17(22)19-8-15(21)20-14-7-10-6-13(14)12-5-3-4-11(10)12;/h9-14,16H,3-8,18H2,1-2H3,(H,19,22)(H,20,21);1H/t10?,11?,12?,13?,14?,16-;/m0./s1. The van der Waals surface area contributed by atoms with E-state index in [-0.39, 0.29) is 36.7 Å². The zero-order valence-electron chi connectivity index (χ0n) is 14.1. The van der Waals surface area contributed by atoms with E-state index < -0.39 is 6.04 Å². The first-order chi connectivity index (χ1) is 10.5. The number of halogens is 1. The van der Waals surface area contributed by atoms with Gasteiger partial charge in [-0.2, -0.15) is 0 Å². The minimum atomic E-state index is -0.547. The predicted octanol–water partition coefficient (Wildman–Crippen LogP) is 1.45. The van der Waals surface area contributed by atoms with Crippen molar-refractivity contribution < 1.29 is 9.59 Å². The molecule has 3 saturated carbocycles. The average molecular weight is 344 g/mol. The molecule has 3 fully saturated rings. The number of hydrogen-bond donors (Lipinski definition) is 3. The molecule has 23 heavy (non-hydrogen) atoms. The van der Waals surface area contributed by atoms with Gasteiger partial charge in [-0.05, 0) is 55.3 Å². The summed E-state index contributed by atoms with van der Waals surface area (Å²) in [5.74, 6) is 3.04. The van der Waals surface area contributed by atoms with Crippen LogP contribution in [0.5, 0.6) is 0 Å². The molecule has 2 bridgehead atoms. The molecular weight excluding hydrogens is 314 g/mol.